The predicted octanol–water partition coefficient (Wildman–Crippen LogP) is 4.19. The van der Waals surface area contributed by atoms with Crippen molar-refractivity contribution in [1.82, 2.24) is 9.88 Å². The van der Waals surface area contributed by atoms with Gasteiger partial charge in [0.05, 0.1) is 12.8 Å². The molecule has 3 aromatic rings. The van der Waals surface area contributed by atoms with Crippen LogP contribution in [-0.4, -0.2) is 28.6 Å². The molecule has 2 amide bonds. The van der Waals surface area contributed by atoms with Crippen molar-refractivity contribution in [3.8, 4) is 11.4 Å². The molecule has 1 saturated heterocycles. The van der Waals surface area contributed by atoms with Gasteiger partial charge in [0.2, 0.25) is 0 Å². The normalized spacial score (nSPS) is 15.3. The molecule has 0 bridgehead atoms. The number of benzene rings is 2. The van der Waals surface area contributed by atoms with Gasteiger partial charge in [0.1, 0.15) is 11.3 Å². The van der Waals surface area contributed by atoms with Gasteiger partial charge in [-0.25, -0.2) is 0 Å². The van der Waals surface area contributed by atoms with Gasteiger partial charge in [-0.1, -0.05) is 19.1 Å². The van der Waals surface area contributed by atoms with Crippen LogP contribution in [0.15, 0.2) is 66.4 Å². The maximum Gasteiger partial charge on any atom is 0.270 e. The Hall–Kier alpha value is -3.71. The van der Waals surface area contributed by atoms with Crippen molar-refractivity contribution in [1.29, 1.82) is 0 Å². The van der Waals surface area contributed by atoms with E-state index in [0.29, 0.717) is 5.69 Å². The van der Waals surface area contributed by atoms with E-state index < -0.39 is 11.8 Å². The monoisotopic (exact) mass is 445 g/mol. The number of aromatic nitrogens is 1. The van der Waals surface area contributed by atoms with Crippen LogP contribution in [0.1, 0.15) is 23.7 Å². The quantitative estimate of drug-likeness (QED) is 0.363. The van der Waals surface area contributed by atoms with Crippen LogP contribution < -0.4 is 15.0 Å². The van der Waals surface area contributed by atoms with Crippen LogP contribution >= 0.6 is 12.2 Å². The number of methoxy groups -OCH3 is 1. The Kier molecular flexibility index (Phi) is 5.92. The van der Waals surface area contributed by atoms with Crippen molar-refractivity contribution in [3.63, 3.8) is 0 Å². The van der Waals surface area contributed by atoms with E-state index >= 15 is 0 Å². The number of carbonyl (C=O) groups is 2. The zero-order chi connectivity index (χ0) is 22.8. The lowest BCUT2D eigenvalue weighted by molar-refractivity contribution is -0.122. The largest absolute Gasteiger partial charge is 0.497 e. The molecular formula is C25H23N3O3S. The molecule has 1 N–H and O–H groups in total. The minimum atomic E-state index is -0.503. The SMILES string of the molecule is CCc1ccc(N2C(=O)/C(=C\c3cc(C)n(-c4ccc(OC)cc4)c3)C(=O)NC2=S)cc1. The molecule has 162 valence electrons. The van der Waals surface area contributed by atoms with Crippen molar-refractivity contribution >= 4 is 40.9 Å². The lowest BCUT2D eigenvalue weighted by Crippen LogP contribution is -2.54. The number of nitrogens with zero attached hydrogens (tertiary/aromatic N) is 2. The Morgan fingerprint density at radius 1 is 1.03 bits per heavy atom. The maximum absolute atomic E-state index is 13.2. The number of aryl methyl sites for hydroxylation is 2. The summed E-state index contributed by atoms with van der Waals surface area (Å²) in [4.78, 5) is 27.2. The molecular weight excluding hydrogens is 422 g/mol. The molecule has 1 aliphatic heterocycles. The zero-order valence-corrected chi connectivity index (χ0v) is 18.9. The number of anilines is 1. The minimum absolute atomic E-state index is 0.0325. The highest BCUT2D eigenvalue weighted by Gasteiger charge is 2.34. The number of carbonyl (C=O) groups excluding carboxylic acids is 2. The van der Waals surface area contributed by atoms with E-state index in [1.807, 2.05) is 72.3 Å². The second-order valence-electron chi connectivity index (χ2n) is 7.46. The molecule has 0 spiro atoms. The molecule has 7 heteroatoms. The van der Waals surface area contributed by atoms with Crippen LogP contribution in [0.3, 0.4) is 0 Å². The van der Waals surface area contributed by atoms with Crippen LogP contribution in [0.4, 0.5) is 5.69 Å². The highest BCUT2D eigenvalue weighted by Crippen LogP contribution is 2.24. The number of rotatable bonds is 5. The number of ether oxygens (including phenoxy) is 1. The van der Waals surface area contributed by atoms with Crippen molar-refractivity contribution in [2.45, 2.75) is 20.3 Å². The summed E-state index contributed by atoms with van der Waals surface area (Å²) >= 11 is 5.28. The molecule has 1 fully saturated rings. The van der Waals surface area contributed by atoms with Crippen molar-refractivity contribution in [3.05, 3.63) is 83.2 Å². The summed E-state index contributed by atoms with van der Waals surface area (Å²) in [5, 5.41) is 2.71. The van der Waals surface area contributed by atoms with Gasteiger partial charge in [-0.3, -0.25) is 19.8 Å². The highest BCUT2D eigenvalue weighted by atomic mass is 32.1. The average Bonchev–Trinajstić information content (AvgIpc) is 3.17. The Labute approximate surface area is 192 Å². The summed E-state index contributed by atoms with van der Waals surface area (Å²) < 4.78 is 7.21. The van der Waals surface area contributed by atoms with E-state index in [0.717, 1.165) is 34.7 Å². The summed E-state index contributed by atoms with van der Waals surface area (Å²) in [5.41, 5.74) is 4.46. The Morgan fingerprint density at radius 2 is 1.69 bits per heavy atom. The molecule has 2 aromatic carbocycles. The van der Waals surface area contributed by atoms with Crippen molar-refractivity contribution < 1.29 is 14.3 Å². The van der Waals surface area contributed by atoms with Gasteiger partial charge >= 0.3 is 0 Å². The first kappa shape index (κ1) is 21.5. The molecule has 0 radical (unpaired) electrons. The molecule has 0 unspecified atom stereocenters. The second kappa shape index (κ2) is 8.80. The van der Waals surface area contributed by atoms with E-state index in [9.17, 15) is 9.59 Å². The fraction of sp³-hybridized carbons (Fsp3) is 0.160. The Morgan fingerprint density at radius 3 is 2.31 bits per heavy atom. The first-order valence-electron chi connectivity index (χ1n) is 10.2. The van der Waals surface area contributed by atoms with Crippen LogP contribution in [0.25, 0.3) is 11.8 Å². The van der Waals surface area contributed by atoms with Crippen LogP contribution in [0, 0.1) is 6.92 Å². The summed E-state index contributed by atoms with van der Waals surface area (Å²) in [6.45, 7) is 4.03. The molecule has 1 aliphatic rings. The Bertz CT molecular complexity index is 1220. The molecule has 6 nitrogen and oxygen atoms in total. The van der Waals surface area contributed by atoms with Gasteiger partial charge in [0.25, 0.3) is 11.8 Å². The van der Waals surface area contributed by atoms with E-state index in [4.69, 9.17) is 17.0 Å². The smallest absolute Gasteiger partial charge is 0.270 e. The summed E-state index contributed by atoms with van der Waals surface area (Å²) in [5.74, 6) is -0.178. The van der Waals surface area contributed by atoms with Crippen LogP contribution in [-0.2, 0) is 16.0 Å². The number of hydrogen-bond donors (Lipinski definition) is 1. The second-order valence-corrected chi connectivity index (χ2v) is 7.85. The van der Waals surface area contributed by atoms with Gasteiger partial charge in [-0.15, -0.1) is 0 Å². The molecule has 1 aromatic heterocycles. The molecule has 2 heterocycles. The van der Waals surface area contributed by atoms with E-state index in [2.05, 4.69) is 12.2 Å². The van der Waals surface area contributed by atoms with E-state index in [1.165, 1.54) is 4.90 Å². The van der Waals surface area contributed by atoms with Crippen molar-refractivity contribution in [2.24, 2.45) is 0 Å². The first-order valence-corrected chi connectivity index (χ1v) is 10.7. The highest BCUT2D eigenvalue weighted by molar-refractivity contribution is 7.80. The molecule has 0 aliphatic carbocycles. The lowest BCUT2D eigenvalue weighted by atomic mass is 10.1. The molecule has 4 rings (SSSR count). The number of thiocarbonyl (C=S) groups is 1. The summed E-state index contributed by atoms with van der Waals surface area (Å²) in [6, 6.07) is 17.1. The predicted molar refractivity (Wildman–Crippen MR) is 129 cm³/mol. The van der Waals surface area contributed by atoms with Crippen LogP contribution in [0.5, 0.6) is 5.75 Å². The van der Waals surface area contributed by atoms with Crippen LogP contribution in [0.2, 0.25) is 0 Å². The first-order chi connectivity index (χ1) is 15.4. The number of nitrogens with one attached hydrogen (secondary N) is 1. The van der Waals surface area contributed by atoms with Gasteiger partial charge in [-0.2, -0.15) is 0 Å². The topological polar surface area (TPSA) is 63.6 Å². The third-order valence-electron chi connectivity index (χ3n) is 5.40. The molecule has 0 atom stereocenters. The number of amides is 2. The summed E-state index contributed by atoms with van der Waals surface area (Å²) in [7, 11) is 1.62. The van der Waals surface area contributed by atoms with Gasteiger partial charge in [0, 0.05) is 17.6 Å². The molecule has 0 saturated carbocycles. The zero-order valence-electron chi connectivity index (χ0n) is 18.1. The van der Waals surface area contributed by atoms with Gasteiger partial charge in [0.15, 0.2) is 5.11 Å². The third kappa shape index (κ3) is 4.07. The minimum Gasteiger partial charge on any atom is -0.497 e. The summed E-state index contributed by atoms with van der Waals surface area (Å²) in [6.07, 6.45) is 4.38. The Balaban J connectivity index is 1.67. The maximum atomic E-state index is 13.2. The third-order valence-corrected chi connectivity index (χ3v) is 5.68. The van der Waals surface area contributed by atoms with E-state index in [-0.39, 0.29) is 10.7 Å². The fourth-order valence-electron chi connectivity index (χ4n) is 3.64. The fourth-order valence-corrected chi connectivity index (χ4v) is 3.92. The van der Waals surface area contributed by atoms with E-state index in [1.54, 1.807) is 13.2 Å². The van der Waals surface area contributed by atoms with Gasteiger partial charge in [-0.05, 0) is 85.2 Å². The lowest BCUT2D eigenvalue weighted by Gasteiger charge is -2.29. The van der Waals surface area contributed by atoms with Gasteiger partial charge < -0.3 is 9.30 Å². The standard InChI is InChI=1S/C25H23N3O3S/c1-4-17-5-7-20(8-6-17)28-24(30)22(23(29)26-25(28)32)14-18-13-16(2)27(15-18)19-9-11-21(31-3)12-10-19/h5-15H,4H2,1-3H3,(H,26,29,32)/b22-14-. The molecule has 32 heavy (non-hydrogen) atoms. The average molecular weight is 446 g/mol. The number of hydrogen-bond acceptors (Lipinski definition) is 4. The van der Waals surface area contributed by atoms with Crippen molar-refractivity contribution in [2.75, 3.05) is 12.0 Å².